The van der Waals surface area contributed by atoms with Gasteiger partial charge in [0.25, 0.3) is 0 Å². The number of halogens is 1. The normalized spacial score (nSPS) is 14.9. The van der Waals surface area contributed by atoms with Crippen LogP contribution in [0.1, 0.15) is 12.0 Å². The number of amides is 1. The quantitative estimate of drug-likeness (QED) is 0.843. The Balaban J connectivity index is 0.00000264. The molecule has 1 fully saturated rings. The minimum Gasteiger partial charge on any atom is -0.497 e. The largest absolute Gasteiger partial charge is 0.497 e. The molecule has 1 heterocycles. The number of nitrogens with zero attached hydrogens (tertiary/aromatic N) is 2. The summed E-state index contributed by atoms with van der Waals surface area (Å²) in [5.74, 6) is 0.0754. The average Bonchev–Trinajstić information content (AvgIpc) is 2.53. The van der Waals surface area contributed by atoms with Crippen LogP contribution in [-0.4, -0.2) is 66.6 Å². The molecule has 0 saturated carbocycles. The third-order valence-electron chi connectivity index (χ3n) is 3.86. The molecule has 128 valence electrons. The number of ether oxygens (including phenoxy) is 1. The molecule has 0 aromatic heterocycles. The fraction of sp³-hybridized carbons (Fsp3) is 0.500. The maximum Gasteiger partial charge on any atom is 0.304 e. The number of carboxylic acids is 1. The molecule has 0 atom stereocenters. The molecule has 1 aromatic rings. The predicted octanol–water partition coefficient (Wildman–Crippen LogP) is 1.28. The second-order valence-corrected chi connectivity index (χ2v) is 5.39. The molecule has 1 aliphatic rings. The van der Waals surface area contributed by atoms with E-state index in [0.717, 1.165) is 24.4 Å². The molecular formula is C16H23ClN2O4. The maximum atomic E-state index is 12.3. The van der Waals surface area contributed by atoms with Crippen LogP contribution in [0.5, 0.6) is 5.75 Å². The highest BCUT2D eigenvalue weighted by molar-refractivity contribution is 5.85. The molecule has 23 heavy (non-hydrogen) atoms. The molecule has 1 amide bonds. The van der Waals surface area contributed by atoms with Gasteiger partial charge in [-0.2, -0.15) is 0 Å². The molecule has 1 saturated heterocycles. The third-order valence-corrected chi connectivity index (χ3v) is 3.86. The second-order valence-electron chi connectivity index (χ2n) is 5.39. The van der Waals surface area contributed by atoms with Gasteiger partial charge in [0.05, 0.1) is 20.0 Å². The topological polar surface area (TPSA) is 70.1 Å². The van der Waals surface area contributed by atoms with Gasteiger partial charge >= 0.3 is 5.97 Å². The third kappa shape index (κ3) is 6.08. The summed E-state index contributed by atoms with van der Waals surface area (Å²) < 4.78 is 5.16. The zero-order chi connectivity index (χ0) is 15.9. The first-order valence-corrected chi connectivity index (χ1v) is 7.43. The van der Waals surface area contributed by atoms with Crippen molar-refractivity contribution >= 4 is 24.3 Å². The molecule has 1 N–H and O–H groups in total. The number of benzene rings is 1. The van der Waals surface area contributed by atoms with Gasteiger partial charge in [-0.25, -0.2) is 0 Å². The number of rotatable bonds is 6. The van der Waals surface area contributed by atoms with Crippen LogP contribution in [0, 0.1) is 0 Å². The number of hydrogen-bond donors (Lipinski definition) is 1. The van der Waals surface area contributed by atoms with Crippen LogP contribution >= 0.6 is 12.4 Å². The SMILES string of the molecule is COc1cccc(CC(=O)N2CCN(CCC(=O)O)CC2)c1.Cl. The van der Waals surface area contributed by atoms with Crippen molar-refractivity contribution in [2.24, 2.45) is 0 Å². The lowest BCUT2D eigenvalue weighted by Gasteiger charge is -2.34. The van der Waals surface area contributed by atoms with E-state index in [2.05, 4.69) is 4.90 Å². The van der Waals surface area contributed by atoms with Crippen molar-refractivity contribution in [1.82, 2.24) is 9.80 Å². The lowest BCUT2D eigenvalue weighted by Crippen LogP contribution is -2.49. The number of piperazine rings is 1. The molecule has 1 aromatic carbocycles. The van der Waals surface area contributed by atoms with Crippen molar-refractivity contribution in [2.45, 2.75) is 12.8 Å². The van der Waals surface area contributed by atoms with E-state index in [4.69, 9.17) is 9.84 Å². The number of methoxy groups -OCH3 is 1. The van der Waals surface area contributed by atoms with E-state index in [-0.39, 0.29) is 24.7 Å². The van der Waals surface area contributed by atoms with Crippen LogP contribution in [0.3, 0.4) is 0 Å². The Kier molecular flexibility index (Phi) is 7.85. The molecular weight excluding hydrogens is 320 g/mol. The number of carbonyl (C=O) groups excluding carboxylic acids is 1. The zero-order valence-corrected chi connectivity index (χ0v) is 14.1. The van der Waals surface area contributed by atoms with E-state index >= 15 is 0 Å². The van der Waals surface area contributed by atoms with Crippen molar-refractivity contribution in [2.75, 3.05) is 39.8 Å². The zero-order valence-electron chi connectivity index (χ0n) is 13.2. The van der Waals surface area contributed by atoms with Gasteiger partial charge in [-0.05, 0) is 17.7 Å². The summed E-state index contributed by atoms with van der Waals surface area (Å²) in [6.07, 6.45) is 0.518. The summed E-state index contributed by atoms with van der Waals surface area (Å²) in [5, 5.41) is 8.69. The number of aliphatic carboxylic acids is 1. The average molecular weight is 343 g/mol. The van der Waals surface area contributed by atoms with E-state index in [0.29, 0.717) is 26.1 Å². The van der Waals surface area contributed by atoms with Crippen LogP contribution < -0.4 is 4.74 Å². The highest BCUT2D eigenvalue weighted by atomic mass is 35.5. The van der Waals surface area contributed by atoms with Gasteiger partial charge in [-0.15, -0.1) is 12.4 Å². The Morgan fingerprint density at radius 3 is 2.52 bits per heavy atom. The summed E-state index contributed by atoms with van der Waals surface area (Å²) in [6, 6.07) is 7.53. The van der Waals surface area contributed by atoms with Gasteiger partial charge in [0.1, 0.15) is 5.75 Å². The van der Waals surface area contributed by atoms with E-state index in [9.17, 15) is 9.59 Å². The van der Waals surface area contributed by atoms with Gasteiger partial charge < -0.3 is 14.7 Å². The number of carbonyl (C=O) groups is 2. The van der Waals surface area contributed by atoms with Crippen molar-refractivity contribution in [1.29, 1.82) is 0 Å². The van der Waals surface area contributed by atoms with Crippen LogP contribution in [0.2, 0.25) is 0 Å². The van der Waals surface area contributed by atoms with Crippen molar-refractivity contribution in [3.05, 3.63) is 29.8 Å². The van der Waals surface area contributed by atoms with Gasteiger partial charge in [0.2, 0.25) is 5.91 Å². The Morgan fingerprint density at radius 2 is 1.91 bits per heavy atom. The van der Waals surface area contributed by atoms with Crippen LogP contribution in [0.25, 0.3) is 0 Å². The Hall–Kier alpha value is -1.79. The monoisotopic (exact) mass is 342 g/mol. The van der Waals surface area contributed by atoms with E-state index in [1.165, 1.54) is 0 Å². The van der Waals surface area contributed by atoms with E-state index < -0.39 is 5.97 Å². The summed E-state index contributed by atoms with van der Waals surface area (Å²) in [4.78, 5) is 26.8. The fourth-order valence-corrected chi connectivity index (χ4v) is 2.54. The van der Waals surface area contributed by atoms with Crippen molar-refractivity contribution in [3.63, 3.8) is 0 Å². The number of hydrogen-bond acceptors (Lipinski definition) is 4. The molecule has 7 heteroatoms. The van der Waals surface area contributed by atoms with Gasteiger partial charge in [-0.3, -0.25) is 14.5 Å². The lowest BCUT2D eigenvalue weighted by atomic mass is 10.1. The van der Waals surface area contributed by atoms with E-state index in [1.54, 1.807) is 7.11 Å². The van der Waals surface area contributed by atoms with Crippen LogP contribution in [0.4, 0.5) is 0 Å². The molecule has 0 unspecified atom stereocenters. The standard InChI is InChI=1S/C16H22N2O4.ClH/c1-22-14-4-2-3-13(11-14)12-15(19)18-9-7-17(8-10-18)6-5-16(20)21;/h2-4,11H,5-10,12H2,1H3,(H,20,21);1H. The second kappa shape index (κ2) is 9.37. The van der Waals surface area contributed by atoms with Gasteiger partial charge in [0, 0.05) is 32.7 Å². The maximum absolute atomic E-state index is 12.3. The fourth-order valence-electron chi connectivity index (χ4n) is 2.54. The van der Waals surface area contributed by atoms with Crippen LogP contribution in [0.15, 0.2) is 24.3 Å². The van der Waals surface area contributed by atoms with Gasteiger partial charge in [-0.1, -0.05) is 12.1 Å². The Labute approximate surface area is 142 Å². The highest BCUT2D eigenvalue weighted by Crippen LogP contribution is 2.14. The molecule has 0 aliphatic carbocycles. The van der Waals surface area contributed by atoms with Crippen molar-refractivity contribution < 1.29 is 19.4 Å². The molecule has 2 rings (SSSR count). The minimum atomic E-state index is -0.781. The Bertz CT molecular complexity index is 531. The first-order chi connectivity index (χ1) is 10.6. The Morgan fingerprint density at radius 1 is 1.22 bits per heavy atom. The van der Waals surface area contributed by atoms with Crippen molar-refractivity contribution in [3.8, 4) is 5.75 Å². The molecule has 0 bridgehead atoms. The molecule has 0 radical (unpaired) electrons. The van der Waals surface area contributed by atoms with Crippen LogP contribution in [-0.2, 0) is 16.0 Å². The molecule has 6 nitrogen and oxygen atoms in total. The van der Waals surface area contributed by atoms with E-state index in [1.807, 2.05) is 29.2 Å². The molecule has 1 aliphatic heterocycles. The predicted molar refractivity (Wildman–Crippen MR) is 89.2 cm³/mol. The summed E-state index contributed by atoms with van der Waals surface area (Å²) in [6.45, 7) is 3.33. The smallest absolute Gasteiger partial charge is 0.304 e. The molecule has 0 spiro atoms. The number of carboxylic acid groups (broad SMARTS) is 1. The highest BCUT2D eigenvalue weighted by Gasteiger charge is 2.21. The summed E-state index contributed by atoms with van der Waals surface area (Å²) in [5.41, 5.74) is 0.942. The lowest BCUT2D eigenvalue weighted by molar-refractivity contribution is -0.138. The minimum absolute atomic E-state index is 0. The summed E-state index contributed by atoms with van der Waals surface area (Å²) in [7, 11) is 1.61. The first kappa shape index (κ1) is 19.3. The van der Waals surface area contributed by atoms with Gasteiger partial charge in [0.15, 0.2) is 0 Å². The summed E-state index contributed by atoms with van der Waals surface area (Å²) >= 11 is 0. The first-order valence-electron chi connectivity index (χ1n) is 7.43.